The van der Waals surface area contributed by atoms with E-state index in [2.05, 4.69) is 40.2 Å². The maximum absolute atomic E-state index is 6.58. The summed E-state index contributed by atoms with van der Waals surface area (Å²) in [6, 6.07) is 8.48. The summed E-state index contributed by atoms with van der Waals surface area (Å²) in [7, 11) is 0. The molecule has 2 fully saturated rings. The lowest BCUT2D eigenvalue weighted by Gasteiger charge is -2.30. The monoisotopic (exact) mass is 295 g/mol. The largest absolute Gasteiger partial charge is 0.376 e. The molecular formula is C14H18BrNO. The van der Waals surface area contributed by atoms with Crippen molar-refractivity contribution in [2.75, 3.05) is 6.61 Å². The highest BCUT2D eigenvalue weighted by Crippen LogP contribution is 2.43. The molecule has 0 bridgehead atoms. The molecule has 2 atom stereocenters. The van der Waals surface area contributed by atoms with Crippen LogP contribution in [0.3, 0.4) is 0 Å². The summed E-state index contributed by atoms with van der Waals surface area (Å²) in [5, 5.41) is 0. The van der Waals surface area contributed by atoms with E-state index in [4.69, 9.17) is 10.5 Å². The zero-order chi connectivity index (χ0) is 11.9. The van der Waals surface area contributed by atoms with Gasteiger partial charge >= 0.3 is 0 Å². The van der Waals surface area contributed by atoms with Crippen LogP contribution in [0, 0.1) is 5.92 Å². The van der Waals surface area contributed by atoms with Gasteiger partial charge in [-0.3, -0.25) is 0 Å². The minimum atomic E-state index is -0.144. The lowest BCUT2D eigenvalue weighted by molar-refractivity contribution is 0.0627. The zero-order valence-electron chi connectivity index (χ0n) is 9.86. The fraction of sp³-hybridized carbons (Fsp3) is 0.571. The normalized spacial score (nSPS) is 32.9. The van der Waals surface area contributed by atoms with Gasteiger partial charge in [0.25, 0.3) is 0 Å². The van der Waals surface area contributed by atoms with Gasteiger partial charge in [-0.25, -0.2) is 0 Å². The molecule has 0 amide bonds. The van der Waals surface area contributed by atoms with E-state index in [0.29, 0.717) is 0 Å². The molecule has 1 saturated heterocycles. The highest BCUT2D eigenvalue weighted by molar-refractivity contribution is 9.10. The first kappa shape index (κ1) is 11.7. The third kappa shape index (κ3) is 2.42. The minimum Gasteiger partial charge on any atom is -0.376 e. The molecule has 1 heterocycles. The first-order valence-corrected chi connectivity index (χ1v) is 7.12. The van der Waals surface area contributed by atoms with E-state index in [1.54, 1.807) is 0 Å². The summed E-state index contributed by atoms with van der Waals surface area (Å²) in [5.74, 6) is 0.720. The van der Waals surface area contributed by atoms with Crippen molar-refractivity contribution in [2.45, 2.75) is 37.3 Å². The van der Waals surface area contributed by atoms with Crippen molar-refractivity contribution < 1.29 is 4.74 Å². The molecule has 92 valence electrons. The second-order valence-corrected chi connectivity index (χ2v) is 6.33. The first-order valence-electron chi connectivity index (χ1n) is 6.32. The minimum absolute atomic E-state index is 0.144. The van der Waals surface area contributed by atoms with Gasteiger partial charge in [-0.1, -0.05) is 28.1 Å². The molecule has 2 aliphatic rings. The van der Waals surface area contributed by atoms with E-state index in [1.165, 1.54) is 18.4 Å². The van der Waals surface area contributed by atoms with Crippen LogP contribution in [0.1, 0.15) is 24.8 Å². The highest BCUT2D eigenvalue weighted by atomic mass is 79.9. The molecule has 2 unspecified atom stereocenters. The van der Waals surface area contributed by atoms with E-state index in [1.807, 2.05) is 0 Å². The van der Waals surface area contributed by atoms with E-state index >= 15 is 0 Å². The zero-order valence-corrected chi connectivity index (χ0v) is 11.4. The van der Waals surface area contributed by atoms with Crippen molar-refractivity contribution in [3.05, 3.63) is 34.3 Å². The molecule has 1 saturated carbocycles. The number of rotatable bonds is 3. The van der Waals surface area contributed by atoms with Gasteiger partial charge in [0.1, 0.15) is 0 Å². The standard InChI is InChI=1S/C14H18BrNO/c15-12-5-1-10(2-6-12)9-14(16)7-8-17-13(14)11-3-4-11/h1-2,5-6,11,13H,3-4,7-9,16H2. The Balaban J connectivity index is 1.76. The molecule has 2 nitrogen and oxygen atoms in total. The van der Waals surface area contributed by atoms with E-state index < -0.39 is 0 Å². The van der Waals surface area contributed by atoms with Crippen molar-refractivity contribution in [1.82, 2.24) is 0 Å². The van der Waals surface area contributed by atoms with Crippen LogP contribution in [0.4, 0.5) is 0 Å². The van der Waals surface area contributed by atoms with Crippen LogP contribution in [0.5, 0.6) is 0 Å². The Labute approximate surface area is 111 Å². The number of hydrogen-bond donors (Lipinski definition) is 1. The first-order chi connectivity index (χ1) is 8.17. The van der Waals surface area contributed by atoms with Crippen LogP contribution < -0.4 is 5.73 Å². The van der Waals surface area contributed by atoms with Gasteiger partial charge in [0.15, 0.2) is 0 Å². The summed E-state index contributed by atoms with van der Waals surface area (Å²) in [4.78, 5) is 0. The molecule has 1 aromatic rings. The van der Waals surface area contributed by atoms with Crippen molar-refractivity contribution in [2.24, 2.45) is 11.7 Å². The Morgan fingerprint density at radius 1 is 1.29 bits per heavy atom. The molecule has 3 heteroatoms. The summed E-state index contributed by atoms with van der Waals surface area (Å²) < 4.78 is 6.97. The maximum Gasteiger partial charge on any atom is 0.0786 e. The van der Waals surface area contributed by atoms with Crippen LogP contribution in [-0.4, -0.2) is 18.2 Å². The van der Waals surface area contributed by atoms with E-state index in [0.717, 1.165) is 29.8 Å². The fourth-order valence-corrected chi connectivity index (χ4v) is 3.12. The molecule has 1 aliphatic carbocycles. The van der Waals surface area contributed by atoms with Gasteiger partial charge in [-0.2, -0.15) is 0 Å². The van der Waals surface area contributed by atoms with Gasteiger partial charge in [0.2, 0.25) is 0 Å². The van der Waals surface area contributed by atoms with E-state index in [-0.39, 0.29) is 11.6 Å². The van der Waals surface area contributed by atoms with Gasteiger partial charge < -0.3 is 10.5 Å². The van der Waals surface area contributed by atoms with Crippen molar-refractivity contribution in [1.29, 1.82) is 0 Å². The van der Waals surface area contributed by atoms with Gasteiger partial charge in [0, 0.05) is 16.6 Å². The molecule has 3 rings (SSSR count). The molecular weight excluding hydrogens is 278 g/mol. The number of nitrogens with two attached hydrogens (primary N) is 1. The highest BCUT2D eigenvalue weighted by Gasteiger charge is 2.48. The van der Waals surface area contributed by atoms with E-state index in [9.17, 15) is 0 Å². The van der Waals surface area contributed by atoms with Crippen LogP contribution in [0.15, 0.2) is 28.7 Å². The smallest absolute Gasteiger partial charge is 0.0786 e. The van der Waals surface area contributed by atoms with Crippen molar-refractivity contribution >= 4 is 15.9 Å². The third-order valence-corrected chi connectivity index (χ3v) is 4.46. The SMILES string of the molecule is NC1(Cc2ccc(Br)cc2)CCOC1C1CC1. The van der Waals surface area contributed by atoms with Gasteiger partial charge in [-0.15, -0.1) is 0 Å². The predicted molar refractivity (Wildman–Crippen MR) is 71.8 cm³/mol. The molecule has 17 heavy (non-hydrogen) atoms. The number of hydrogen-bond acceptors (Lipinski definition) is 2. The summed E-state index contributed by atoms with van der Waals surface area (Å²) >= 11 is 3.46. The van der Waals surface area contributed by atoms with Crippen LogP contribution in [0.2, 0.25) is 0 Å². The fourth-order valence-electron chi connectivity index (χ4n) is 2.86. The molecule has 1 aliphatic heterocycles. The Hall–Kier alpha value is -0.380. The summed E-state index contributed by atoms with van der Waals surface area (Å²) in [6.45, 7) is 0.828. The lowest BCUT2D eigenvalue weighted by Crippen LogP contribution is -2.50. The number of benzene rings is 1. The van der Waals surface area contributed by atoms with Gasteiger partial charge in [0.05, 0.1) is 6.10 Å². The molecule has 0 radical (unpaired) electrons. The molecule has 0 aromatic heterocycles. The Kier molecular flexibility index (Phi) is 3.01. The van der Waals surface area contributed by atoms with Crippen molar-refractivity contribution in [3.63, 3.8) is 0 Å². The molecule has 1 aromatic carbocycles. The Bertz CT molecular complexity index is 401. The quantitative estimate of drug-likeness (QED) is 0.931. The number of halogens is 1. The second kappa shape index (κ2) is 4.38. The van der Waals surface area contributed by atoms with Crippen LogP contribution >= 0.6 is 15.9 Å². The van der Waals surface area contributed by atoms with Crippen molar-refractivity contribution in [3.8, 4) is 0 Å². The summed E-state index contributed by atoms with van der Waals surface area (Å²) in [5.41, 5.74) is 7.75. The molecule has 2 N–H and O–H groups in total. The maximum atomic E-state index is 6.58. The topological polar surface area (TPSA) is 35.2 Å². The predicted octanol–water partition coefficient (Wildman–Crippen LogP) is 2.89. The number of ether oxygens (including phenoxy) is 1. The Morgan fingerprint density at radius 3 is 2.65 bits per heavy atom. The van der Waals surface area contributed by atoms with Crippen LogP contribution in [-0.2, 0) is 11.2 Å². The third-order valence-electron chi connectivity index (χ3n) is 3.93. The van der Waals surface area contributed by atoms with Gasteiger partial charge in [-0.05, 0) is 49.3 Å². The average Bonchev–Trinajstić information content (AvgIpc) is 3.07. The second-order valence-electron chi connectivity index (χ2n) is 5.42. The molecule has 0 spiro atoms. The Morgan fingerprint density at radius 2 is 2.00 bits per heavy atom. The summed E-state index contributed by atoms with van der Waals surface area (Å²) in [6.07, 6.45) is 4.80. The average molecular weight is 296 g/mol. The van der Waals surface area contributed by atoms with Crippen LogP contribution in [0.25, 0.3) is 0 Å². The lowest BCUT2D eigenvalue weighted by atomic mass is 9.83.